The number of allylic oxidation sites excluding steroid dienone is 1. The average molecular weight is 578 g/mol. The molecule has 0 amide bonds. The van der Waals surface area contributed by atoms with Crippen molar-refractivity contribution in [2.24, 2.45) is 0 Å². The number of fused-ring (bicyclic) bond motifs is 1. The third kappa shape index (κ3) is 5.94. The van der Waals surface area contributed by atoms with Crippen LogP contribution in [0.2, 0.25) is 13.1 Å². The molecule has 1 fully saturated rings. The van der Waals surface area contributed by atoms with Gasteiger partial charge in [0.1, 0.15) is 8.24 Å². The molecule has 1 atom stereocenters. The van der Waals surface area contributed by atoms with Crippen LogP contribution in [-0.2, 0) is 25.8 Å². The van der Waals surface area contributed by atoms with Crippen molar-refractivity contribution in [2.75, 3.05) is 13.1 Å². The van der Waals surface area contributed by atoms with Crippen LogP contribution in [0.4, 0.5) is 0 Å². The van der Waals surface area contributed by atoms with E-state index in [1.807, 2.05) is 0 Å². The molecule has 26 heavy (non-hydrogen) atoms. The fourth-order valence-electron chi connectivity index (χ4n) is 4.39. The van der Waals surface area contributed by atoms with Crippen molar-refractivity contribution in [3.8, 4) is 0 Å². The van der Waals surface area contributed by atoms with Gasteiger partial charge in [-0.15, -0.1) is 0 Å². The molecule has 2 aliphatic rings. The molecule has 2 nitrogen and oxygen atoms in total. The van der Waals surface area contributed by atoms with E-state index in [4.69, 9.17) is 0 Å². The number of hydrogen-bond acceptors (Lipinski definition) is 2. The number of likely N-dealkylation sites (tertiary alicyclic amines) is 1. The molecule has 1 heterocycles. The third-order valence-corrected chi connectivity index (χ3v) is 8.49. The predicted molar refractivity (Wildman–Crippen MR) is 103 cm³/mol. The molecule has 1 aromatic carbocycles. The quantitative estimate of drug-likeness (QED) is 0.452. The first-order valence-electron chi connectivity index (χ1n) is 9.13. The number of rotatable bonds is 3. The summed E-state index contributed by atoms with van der Waals surface area (Å²) in [5, 5.41) is 0. The molecule has 144 valence electrons. The molecule has 1 aromatic rings. The summed E-state index contributed by atoms with van der Waals surface area (Å²) in [7, 11) is -1.62. The largest absolute Gasteiger partial charge is 2.00 e. The van der Waals surface area contributed by atoms with E-state index in [2.05, 4.69) is 74.1 Å². The van der Waals surface area contributed by atoms with Gasteiger partial charge in [0.05, 0.1) is 0 Å². The summed E-state index contributed by atoms with van der Waals surface area (Å²) in [5.41, 5.74) is 5.26. The van der Waals surface area contributed by atoms with E-state index in [9.17, 15) is 0 Å². The molecule has 1 aliphatic heterocycles. The number of halogens is 2. The van der Waals surface area contributed by atoms with E-state index in [0.717, 1.165) is 0 Å². The molecule has 6 heteroatoms. The molecule has 1 unspecified atom stereocenters. The van der Waals surface area contributed by atoms with E-state index >= 15 is 0 Å². The van der Waals surface area contributed by atoms with Crippen LogP contribution in [0.15, 0.2) is 30.3 Å². The molecular weight excluding hydrogens is 546 g/mol. The van der Waals surface area contributed by atoms with Gasteiger partial charge in [-0.25, -0.2) is 0 Å². The molecule has 1 aliphatic carbocycles. The second kappa shape index (κ2) is 10.2. The Bertz CT molecular complexity index is 608. The van der Waals surface area contributed by atoms with Gasteiger partial charge >= 0.3 is 25.8 Å². The van der Waals surface area contributed by atoms with Crippen LogP contribution >= 0.6 is 0 Å². The van der Waals surface area contributed by atoms with Gasteiger partial charge in [0.15, 0.2) is 0 Å². The monoisotopic (exact) mass is 578 g/mol. The van der Waals surface area contributed by atoms with Gasteiger partial charge in [0, 0.05) is 35.4 Å². The molecular formula is C20H32Cl2HfN2Si. The van der Waals surface area contributed by atoms with E-state index in [-0.39, 0.29) is 56.2 Å². The zero-order valence-electron chi connectivity index (χ0n) is 16.7. The van der Waals surface area contributed by atoms with E-state index in [1.165, 1.54) is 43.6 Å². The van der Waals surface area contributed by atoms with Crippen molar-refractivity contribution in [3.05, 3.63) is 41.5 Å². The van der Waals surface area contributed by atoms with E-state index in [0.29, 0.717) is 5.54 Å². The predicted octanol–water partition coefficient (Wildman–Crippen LogP) is -1.25. The van der Waals surface area contributed by atoms with Crippen LogP contribution in [0, 0.1) is 0 Å². The van der Waals surface area contributed by atoms with Gasteiger partial charge in [0.25, 0.3) is 0 Å². The Hall–Kier alpha value is 0.387. The minimum absolute atomic E-state index is 0. The molecule has 1 saturated heterocycles. The second-order valence-corrected chi connectivity index (χ2v) is 13.1. The Labute approximate surface area is 192 Å². The maximum absolute atomic E-state index is 3.98. The van der Waals surface area contributed by atoms with Gasteiger partial charge in [-0.1, -0.05) is 43.4 Å². The summed E-state index contributed by atoms with van der Waals surface area (Å²) in [4.78, 5) is 6.61. The van der Waals surface area contributed by atoms with Crippen LogP contribution < -0.4 is 29.8 Å². The van der Waals surface area contributed by atoms with Gasteiger partial charge in [-0.3, -0.25) is 0 Å². The Balaban J connectivity index is 0.00000208. The van der Waals surface area contributed by atoms with Crippen molar-refractivity contribution in [2.45, 2.75) is 64.2 Å². The summed E-state index contributed by atoms with van der Waals surface area (Å²) in [6.07, 6.45) is 6.65. The Kier molecular flexibility index (Phi) is 10.4. The summed E-state index contributed by atoms with van der Waals surface area (Å²) >= 11 is 0. The first-order chi connectivity index (χ1) is 10.8. The van der Waals surface area contributed by atoms with Crippen LogP contribution in [0.1, 0.15) is 56.7 Å². The van der Waals surface area contributed by atoms with E-state index < -0.39 is 8.24 Å². The molecule has 0 radical (unpaired) electrons. The minimum Gasteiger partial charge on any atom is -1.00 e. The molecule has 1 N–H and O–H groups in total. The average Bonchev–Trinajstić information content (AvgIpc) is 2.86. The molecule has 0 bridgehead atoms. The number of benzene rings is 1. The molecule has 0 spiro atoms. The summed E-state index contributed by atoms with van der Waals surface area (Å²) in [5.74, 6) is 0. The fourth-order valence-corrected chi connectivity index (χ4v) is 8.08. The van der Waals surface area contributed by atoms with Gasteiger partial charge < -0.3 is 34.7 Å². The van der Waals surface area contributed by atoms with Crippen LogP contribution in [0.5, 0.6) is 0 Å². The zero-order chi connectivity index (χ0) is 16.7. The summed E-state index contributed by atoms with van der Waals surface area (Å²) in [6.45, 7) is 14.3. The van der Waals surface area contributed by atoms with Crippen molar-refractivity contribution < 1.29 is 50.7 Å². The van der Waals surface area contributed by atoms with Crippen molar-refractivity contribution >= 4 is 13.9 Å². The van der Waals surface area contributed by atoms with Gasteiger partial charge in [-0.2, -0.15) is 0 Å². The van der Waals surface area contributed by atoms with Crippen LogP contribution in [0.25, 0.3) is 5.70 Å². The smallest absolute Gasteiger partial charge is 1.00 e. The van der Waals surface area contributed by atoms with E-state index in [1.54, 1.807) is 5.56 Å². The summed E-state index contributed by atoms with van der Waals surface area (Å²) < 4.78 is 0. The maximum atomic E-state index is 3.98. The zero-order valence-corrected chi connectivity index (χ0v) is 22.8. The number of hydrogen-bond donors (Lipinski definition) is 1. The fraction of sp³-hybridized carbons (Fsp3) is 0.600. The maximum Gasteiger partial charge on any atom is 2.00 e. The Morgan fingerprint density at radius 3 is 2.15 bits per heavy atom. The normalized spacial score (nSPS) is 19.5. The van der Waals surface area contributed by atoms with Gasteiger partial charge in [-0.05, 0) is 45.6 Å². The molecule has 0 aromatic heterocycles. The topological polar surface area (TPSA) is 15.3 Å². The first-order valence-corrected chi connectivity index (χ1v) is 12.2. The van der Waals surface area contributed by atoms with Crippen LogP contribution in [-0.4, -0.2) is 31.8 Å². The molecule has 3 rings (SSSR count). The van der Waals surface area contributed by atoms with Crippen LogP contribution in [0.3, 0.4) is 0 Å². The van der Waals surface area contributed by atoms with Crippen molar-refractivity contribution in [3.63, 3.8) is 0 Å². The molecule has 0 saturated carbocycles. The van der Waals surface area contributed by atoms with Crippen molar-refractivity contribution in [1.29, 1.82) is 0 Å². The third-order valence-electron chi connectivity index (χ3n) is 5.07. The minimum atomic E-state index is -1.62. The first kappa shape index (κ1) is 26.4. The number of nitrogens with zero attached hydrogens (tertiary/aromatic N) is 1. The number of nitrogens with one attached hydrogen (secondary N) is 1. The SMILES string of the molecule is CC(C)(C)N[Si](C)(C)C1C=C(N2CCCCC2)c2ccccc21.[Cl-].[Cl-].[Hf+2]. The number of piperidine rings is 1. The Morgan fingerprint density at radius 1 is 1.00 bits per heavy atom. The standard InChI is InChI=1S/C20H32N2Si.2ClH.Hf/c1-20(2,3)21-23(4,5)19-15-18(22-13-9-6-10-14-22)16-11-7-8-12-17(16)19;;;/h7-8,11-12,15,19,21H,6,9-10,13-14H2,1-5H3;2*1H;/q;;;+2/p-2. The van der Waals surface area contributed by atoms with Gasteiger partial charge in [0.2, 0.25) is 0 Å². The second-order valence-electron chi connectivity index (χ2n) is 8.76. The summed E-state index contributed by atoms with van der Waals surface area (Å²) in [6, 6.07) is 9.09. The Morgan fingerprint density at radius 2 is 1.58 bits per heavy atom. The van der Waals surface area contributed by atoms with Crippen molar-refractivity contribution in [1.82, 2.24) is 9.88 Å².